The number of carboxylic acids is 1. The summed E-state index contributed by atoms with van der Waals surface area (Å²) < 4.78 is 5.27. The monoisotopic (exact) mass is 349 g/mol. The van der Waals surface area contributed by atoms with Crippen molar-refractivity contribution >= 4 is 11.9 Å². The molecule has 0 aliphatic heterocycles. The summed E-state index contributed by atoms with van der Waals surface area (Å²) in [5, 5.41) is 12.5. The molecule has 25 heavy (non-hydrogen) atoms. The highest BCUT2D eigenvalue weighted by molar-refractivity contribution is 5.91. The minimum Gasteiger partial charge on any atom is -0.477 e. The van der Waals surface area contributed by atoms with Crippen LogP contribution in [-0.2, 0) is 14.3 Å². The average molecular weight is 349 g/mol. The Hall–Kier alpha value is -2.26. The molecule has 0 heterocycles. The molecule has 0 unspecified atom stereocenters. The van der Waals surface area contributed by atoms with E-state index in [1.807, 2.05) is 34.6 Å². The van der Waals surface area contributed by atoms with Crippen molar-refractivity contribution in [3.8, 4) is 0 Å². The van der Waals surface area contributed by atoms with E-state index in [1.165, 1.54) is 6.08 Å². The molecule has 0 aromatic carbocycles. The van der Waals surface area contributed by atoms with E-state index in [9.17, 15) is 14.7 Å². The van der Waals surface area contributed by atoms with Gasteiger partial charge in [0.2, 0.25) is 0 Å². The molecule has 0 saturated carbocycles. The topological polar surface area (TPSA) is 75.6 Å². The van der Waals surface area contributed by atoms with Gasteiger partial charge < -0.3 is 15.2 Å². The highest BCUT2D eigenvalue weighted by atomic mass is 16.6. The number of hydrogen-bond acceptors (Lipinski definition) is 4. The lowest BCUT2D eigenvalue weighted by atomic mass is 9.95. The minimum atomic E-state index is -1.05. The van der Waals surface area contributed by atoms with Crippen LogP contribution in [0.2, 0.25) is 0 Å². The van der Waals surface area contributed by atoms with Crippen LogP contribution in [0.1, 0.15) is 60.3 Å². The van der Waals surface area contributed by atoms with Gasteiger partial charge in [0.1, 0.15) is 11.2 Å². The van der Waals surface area contributed by atoms with E-state index in [0.29, 0.717) is 18.4 Å². The van der Waals surface area contributed by atoms with Gasteiger partial charge in [-0.2, -0.15) is 0 Å². The molecule has 0 radical (unpaired) electrons. The number of carbonyl (C=O) groups excluding carboxylic acids is 1. The van der Waals surface area contributed by atoms with Crippen molar-refractivity contribution in [2.75, 3.05) is 7.05 Å². The zero-order chi connectivity index (χ0) is 19.6. The van der Waals surface area contributed by atoms with Crippen molar-refractivity contribution in [3.05, 3.63) is 40.8 Å². The maximum Gasteiger partial charge on any atom is 0.343 e. The molecule has 2 N–H and O–H groups in total. The third kappa shape index (κ3) is 8.96. The summed E-state index contributed by atoms with van der Waals surface area (Å²) in [6, 6.07) is 0. The summed E-state index contributed by atoms with van der Waals surface area (Å²) in [5.41, 5.74) is 4.42. The number of esters is 1. The lowest BCUT2D eigenvalue weighted by molar-refractivity contribution is -0.148. The van der Waals surface area contributed by atoms with Crippen LogP contribution in [0.15, 0.2) is 40.8 Å². The molecule has 0 aromatic heterocycles. The number of hydrogen-bond donors (Lipinski definition) is 2. The largest absolute Gasteiger partial charge is 0.477 e. The molecular weight excluding hydrogens is 318 g/mol. The number of rotatable bonds is 9. The fourth-order valence-corrected chi connectivity index (χ4v) is 2.34. The van der Waals surface area contributed by atoms with E-state index in [2.05, 4.69) is 17.6 Å². The van der Waals surface area contributed by atoms with Crippen LogP contribution in [-0.4, -0.2) is 29.7 Å². The second kappa shape index (κ2) is 10.6. The van der Waals surface area contributed by atoms with E-state index in [-0.39, 0.29) is 5.57 Å². The van der Waals surface area contributed by atoms with Gasteiger partial charge in [0.05, 0.1) is 0 Å². The van der Waals surface area contributed by atoms with Crippen LogP contribution < -0.4 is 5.32 Å². The molecule has 0 aliphatic carbocycles. The Morgan fingerprint density at radius 2 is 1.84 bits per heavy atom. The number of allylic oxidation sites excluding steroid dienone is 2. The van der Waals surface area contributed by atoms with Gasteiger partial charge in [0.15, 0.2) is 0 Å². The van der Waals surface area contributed by atoms with E-state index >= 15 is 0 Å². The molecular formula is C20H31NO4. The second-order valence-electron chi connectivity index (χ2n) is 6.84. The normalized spacial score (nSPS) is 12.8. The smallest absolute Gasteiger partial charge is 0.343 e. The summed E-state index contributed by atoms with van der Waals surface area (Å²) in [6.07, 6.45) is 4.10. The Balaban J connectivity index is 5.39. The van der Waals surface area contributed by atoms with Crippen LogP contribution in [0.3, 0.4) is 0 Å². The van der Waals surface area contributed by atoms with Gasteiger partial charge in [-0.15, -0.1) is 5.73 Å². The van der Waals surface area contributed by atoms with Crippen molar-refractivity contribution in [2.24, 2.45) is 0 Å². The lowest BCUT2D eigenvalue weighted by Gasteiger charge is -2.18. The van der Waals surface area contributed by atoms with E-state index in [0.717, 1.165) is 24.1 Å². The predicted molar refractivity (Wildman–Crippen MR) is 100 cm³/mol. The maximum absolute atomic E-state index is 11.9. The third-order valence-corrected chi connectivity index (χ3v) is 3.40. The third-order valence-electron chi connectivity index (χ3n) is 3.40. The SMILES string of the molecule is C=C=C(C(=O)O)/C(CC/C(C)=C\C(=O)OC(C)(C)C)=C(/CCC)NC. The van der Waals surface area contributed by atoms with Crippen LogP contribution in [0.4, 0.5) is 0 Å². The molecule has 0 amide bonds. The molecule has 0 aromatic rings. The summed E-state index contributed by atoms with van der Waals surface area (Å²) in [5.74, 6) is -1.45. The van der Waals surface area contributed by atoms with Gasteiger partial charge in [-0.05, 0) is 52.5 Å². The van der Waals surface area contributed by atoms with Gasteiger partial charge >= 0.3 is 11.9 Å². The first kappa shape index (κ1) is 22.7. The highest BCUT2D eigenvalue weighted by Gasteiger charge is 2.18. The molecule has 0 spiro atoms. The first-order valence-electron chi connectivity index (χ1n) is 8.49. The van der Waals surface area contributed by atoms with Gasteiger partial charge in [-0.25, -0.2) is 9.59 Å². The van der Waals surface area contributed by atoms with Gasteiger partial charge in [-0.3, -0.25) is 0 Å². The first-order valence-corrected chi connectivity index (χ1v) is 8.49. The highest BCUT2D eigenvalue weighted by Crippen LogP contribution is 2.24. The molecule has 0 saturated heterocycles. The Bertz CT molecular complexity index is 600. The maximum atomic E-state index is 11.9. The number of carbonyl (C=O) groups is 2. The molecule has 5 nitrogen and oxygen atoms in total. The fourth-order valence-electron chi connectivity index (χ4n) is 2.34. The molecule has 0 atom stereocenters. The molecule has 0 aliphatic rings. The Morgan fingerprint density at radius 3 is 2.24 bits per heavy atom. The van der Waals surface area contributed by atoms with Gasteiger partial charge in [0.25, 0.3) is 0 Å². The van der Waals surface area contributed by atoms with E-state index in [4.69, 9.17) is 4.74 Å². The van der Waals surface area contributed by atoms with Crippen LogP contribution in [0.5, 0.6) is 0 Å². The van der Waals surface area contributed by atoms with Crippen LogP contribution in [0, 0.1) is 0 Å². The van der Waals surface area contributed by atoms with Crippen molar-refractivity contribution in [2.45, 2.75) is 65.9 Å². The molecule has 140 valence electrons. The van der Waals surface area contributed by atoms with Gasteiger partial charge in [0, 0.05) is 18.8 Å². The van der Waals surface area contributed by atoms with Crippen LogP contribution in [0.25, 0.3) is 0 Å². The summed E-state index contributed by atoms with van der Waals surface area (Å²) in [6.45, 7) is 12.8. The standard InChI is InChI=1S/C20H31NO4/c1-8-10-17(21-7)16(15(9-2)19(23)24)12-11-14(3)13-18(22)25-20(4,5)6/h13,21H,2,8,10-12H2,1,3-7H3,(H,23,24)/b14-13-,17-16-. The predicted octanol–water partition coefficient (Wildman–Crippen LogP) is 4.12. The van der Waals surface area contributed by atoms with Crippen molar-refractivity contribution < 1.29 is 19.4 Å². The number of nitrogens with one attached hydrogen (secondary N) is 1. The van der Waals surface area contributed by atoms with Crippen molar-refractivity contribution in [3.63, 3.8) is 0 Å². The minimum absolute atomic E-state index is 0.0721. The lowest BCUT2D eigenvalue weighted by Crippen LogP contribution is -2.22. The van der Waals surface area contributed by atoms with E-state index in [1.54, 1.807) is 7.05 Å². The van der Waals surface area contributed by atoms with Gasteiger partial charge in [-0.1, -0.05) is 25.5 Å². The molecule has 0 rings (SSSR count). The summed E-state index contributed by atoms with van der Waals surface area (Å²) in [4.78, 5) is 23.3. The second-order valence-corrected chi connectivity index (χ2v) is 6.84. The number of carboxylic acid groups (broad SMARTS) is 1. The summed E-state index contributed by atoms with van der Waals surface area (Å²) >= 11 is 0. The Labute approximate surface area is 151 Å². The first-order chi connectivity index (χ1) is 11.6. The zero-order valence-electron chi connectivity index (χ0n) is 16.3. The van der Waals surface area contributed by atoms with Crippen LogP contribution >= 0.6 is 0 Å². The number of ether oxygens (including phenoxy) is 1. The fraction of sp³-hybridized carbons (Fsp3) is 0.550. The van der Waals surface area contributed by atoms with E-state index < -0.39 is 17.5 Å². The number of aliphatic carboxylic acids is 1. The molecule has 0 bridgehead atoms. The van der Waals surface area contributed by atoms with Crippen molar-refractivity contribution in [1.29, 1.82) is 0 Å². The zero-order valence-corrected chi connectivity index (χ0v) is 16.3. The average Bonchev–Trinajstić information content (AvgIpc) is 2.46. The Kier molecular flexibility index (Phi) is 9.62. The quantitative estimate of drug-likeness (QED) is 0.283. The summed E-state index contributed by atoms with van der Waals surface area (Å²) in [7, 11) is 1.77. The molecule has 5 heteroatoms. The Morgan fingerprint density at radius 1 is 1.24 bits per heavy atom. The molecule has 0 fully saturated rings. The van der Waals surface area contributed by atoms with Crippen molar-refractivity contribution in [1.82, 2.24) is 5.32 Å².